The molecule has 1 aliphatic heterocycles. The van der Waals surface area contributed by atoms with E-state index in [9.17, 15) is 14.9 Å². The fourth-order valence-corrected chi connectivity index (χ4v) is 3.83. The average molecular weight is 349 g/mol. The summed E-state index contributed by atoms with van der Waals surface area (Å²) in [5.41, 5.74) is 5.73. The second-order valence-corrected chi connectivity index (χ2v) is 6.62. The number of rotatable bonds is 5. The van der Waals surface area contributed by atoms with E-state index in [0.29, 0.717) is 25.2 Å². The highest BCUT2D eigenvalue weighted by Gasteiger charge is 2.59. The number of nitrogens with one attached hydrogen (secondary N) is 1. The standard InChI is InChI=1S/C17H23N3O5/c1-3-24-14-9-13(17(14)5-4-6-25-17)19-16(21)11-7-10(2)8-12(15(11)18)20(22)23/h7-8,13-14H,3-6,9,18H2,1-2H3,(H,19,21)/t13-,14-,17-/m1/s1. The molecule has 0 radical (unpaired) electrons. The average Bonchev–Trinajstić information content (AvgIpc) is 3.08. The molecule has 25 heavy (non-hydrogen) atoms. The summed E-state index contributed by atoms with van der Waals surface area (Å²) in [6.07, 6.45) is 2.38. The maximum atomic E-state index is 12.7. The molecule has 1 aromatic rings. The summed E-state index contributed by atoms with van der Waals surface area (Å²) >= 11 is 0. The Bertz CT molecular complexity index is 700. The number of carbonyl (C=O) groups is 1. The van der Waals surface area contributed by atoms with E-state index in [2.05, 4.69) is 5.32 Å². The van der Waals surface area contributed by atoms with Crippen molar-refractivity contribution < 1.29 is 19.2 Å². The molecule has 8 heteroatoms. The van der Waals surface area contributed by atoms with Gasteiger partial charge in [-0.1, -0.05) is 0 Å². The van der Waals surface area contributed by atoms with Gasteiger partial charge in [-0.15, -0.1) is 0 Å². The lowest BCUT2D eigenvalue weighted by molar-refractivity contribution is -0.384. The quantitative estimate of drug-likeness (QED) is 0.477. The molecule has 2 aliphatic rings. The fourth-order valence-electron chi connectivity index (χ4n) is 3.83. The molecule has 2 fully saturated rings. The first-order valence-corrected chi connectivity index (χ1v) is 8.50. The Morgan fingerprint density at radius 2 is 2.32 bits per heavy atom. The number of anilines is 1. The van der Waals surface area contributed by atoms with E-state index in [1.165, 1.54) is 6.07 Å². The van der Waals surface area contributed by atoms with Crippen LogP contribution >= 0.6 is 0 Å². The van der Waals surface area contributed by atoms with Crippen LogP contribution in [0, 0.1) is 17.0 Å². The molecule has 1 heterocycles. The number of nitrogen functional groups attached to an aromatic ring is 1. The predicted molar refractivity (Wildman–Crippen MR) is 91.4 cm³/mol. The van der Waals surface area contributed by atoms with Gasteiger partial charge in [-0.05, 0) is 44.7 Å². The van der Waals surface area contributed by atoms with E-state index in [1.807, 2.05) is 6.92 Å². The van der Waals surface area contributed by atoms with Gasteiger partial charge in [0.05, 0.1) is 22.6 Å². The molecule has 3 atom stereocenters. The van der Waals surface area contributed by atoms with E-state index < -0.39 is 16.4 Å². The SMILES string of the molecule is CCO[C@@H]1C[C@@H](NC(=O)c2cc(C)cc([N+](=O)[O-])c2N)[C@]12CCCO2. The molecule has 1 saturated carbocycles. The van der Waals surface area contributed by atoms with Gasteiger partial charge in [0.25, 0.3) is 11.6 Å². The number of nitrogens with two attached hydrogens (primary N) is 1. The number of nitrogens with zero attached hydrogens (tertiary/aromatic N) is 1. The van der Waals surface area contributed by atoms with Crippen molar-refractivity contribution in [1.29, 1.82) is 0 Å². The zero-order valence-corrected chi connectivity index (χ0v) is 14.4. The molecule has 1 aliphatic carbocycles. The van der Waals surface area contributed by atoms with E-state index in [-0.39, 0.29) is 29.1 Å². The smallest absolute Gasteiger partial charge is 0.293 e. The highest BCUT2D eigenvalue weighted by atomic mass is 16.6. The minimum absolute atomic E-state index is 0.0329. The predicted octanol–water partition coefficient (Wildman–Crippen LogP) is 1.94. The van der Waals surface area contributed by atoms with Crippen molar-refractivity contribution >= 4 is 17.3 Å². The third kappa shape index (κ3) is 2.96. The van der Waals surface area contributed by atoms with Crippen molar-refractivity contribution in [2.75, 3.05) is 18.9 Å². The summed E-state index contributed by atoms with van der Waals surface area (Å²) in [4.78, 5) is 23.2. The first kappa shape index (κ1) is 17.6. The summed E-state index contributed by atoms with van der Waals surface area (Å²) < 4.78 is 11.7. The normalized spacial score (nSPS) is 27.9. The van der Waals surface area contributed by atoms with Crippen molar-refractivity contribution in [3.05, 3.63) is 33.4 Å². The van der Waals surface area contributed by atoms with Gasteiger partial charge < -0.3 is 20.5 Å². The minimum atomic E-state index is -0.574. The topological polar surface area (TPSA) is 117 Å². The number of hydrogen-bond donors (Lipinski definition) is 2. The third-order valence-electron chi connectivity index (χ3n) is 5.08. The van der Waals surface area contributed by atoms with E-state index in [4.69, 9.17) is 15.2 Å². The second kappa shape index (κ2) is 6.61. The van der Waals surface area contributed by atoms with Crippen molar-refractivity contribution in [2.45, 2.75) is 50.9 Å². The number of amides is 1. The van der Waals surface area contributed by atoms with Gasteiger partial charge in [0.15, 0.2) is 0 Å². The molecular weight excluding hydrogens is 326 g/mol. The van der Waals surface area contributed by atoms with E-state index >= 15 is 0 Å². The molecule has 8 nitrogen and oxygen atoms in total. The van der Waals surface area contributed by atoms with Crippen LogP contribution in [-0.2, 0) is 9.47 Å². The van der Waals surface area contributed by atoms with Gasteiger partial charge in [-0.25, -0.2) is 0 Å². The second-order valence-electron chi connectivity index (χ2n) is 6.62. The van der Waals surface area contributed by atoms with E-state index in [0.717, 1.165) is 12.8 Å². The molecule has 0 unspecified atom stereocenters. The number of nitro groups is 1. The number of ether oxygens (including phenoxy) is 2. The van der Waals surface area contributed by atoms with Crippen LogP contribution < -0.4 is 11.1 Å². The van der Waals surface area contributed by atoms with Crippen molar-refractivity contribution in [1.82, 2.24) is 5.32 Å². The van der Waals surface area contributed by atoms with Crippen LogP contribution in [0.1, 0.15) is 42.1 Å². The van der Waals surface area contributed by atoms with Gasteiger partial charge >= 0.3 is 0 Å². The van der Waals surface area contributed by atoms with Crippen LogP contribution in [0.4, 0.5) is 11.4 Å². The van der Waals surface area contributed by atoms with Crippen molar-refractivity contribution in [3.63, 3.8) is 0 Å². The molecule has 1 aromatic carbocycles. The van der Waals surface area contributed by atoms with Crippen LogP contribution in [-0.4, -0.2) is 41.8 Å². The first-order valence-electron chi connectivity index (χ1n) is 8.50. The molecule has 1 amide bonds. The third-order valence-corrected chi connectivity index (χ3v) is 5.08. The molecule has 0 aromatic heterocycles. The number of nitro benzene ring substituents is 1. The summed E-state index contributed by atoms with van der Waals surface area (Å²) in [5.74, 6) is -0.417. The largest absolute Gasteiger partial charge is 0.393 e. The van der Waals surface area contributed by atoms with Crippen LogP contribution in [0.5, 0.6) is 0 Å². The highest BCUT2D eigenvalue weighted by Crippen LogP contribution is 2.45. The van der Waals surface area contributed by atoms with Crippen LogP contribution in [0.15, 0.2) is 12.1 Å². The summed E-state index contributed by atoms with van der Waals surface area (Å²) in [7, 11) is 0. The van der Waals surface area contributed by atoms with Crippen molar-refractivity contribution in [3.8, 4) is 0 Å². The summed E-state index contributed by atoms with van der Waals surface area (Å²) in [5, 5.41) is 14.1. The fraction of sp³-hybridized carbons (Fsp3) is 0.588. The van der Waals surface area contributed by atoms with Crippen LogP contribution in [0.25, 0.3) is 0 Å². The maximum absolute atomic E-state index is 12.7. The van der Waals surface area contributed by atoms with Crippen LogP contribution in [0.3, 0.4) is 0 Å². The molecule has 1 saturated heterocycles. The minimum Gasteiger partial charge on any atom is -0.393 e. The van der Waals surface area contributed by atoms with E-state index in [1.54, 1.807) is 13.0 Å². The van der Waals surface area contributed by atoms with Gasteiger partial charge in [0.1, 0.15) is 11.3 Å². The highest BCUT2D eigenvalue weighted by molar-refractivity contribution is 6.01. The lowest BCUT2D eigenvalue weighted by Gasteiger charge is -2.52. The van der Waals surface area contributed by atoms with Gasteiger partial charge in [0, 0.05) is 19.3 Å². The number of benzene rings is 1. The Morgan fingerprint density at radius 3 is 2.92 bits per heavy atom. The number of hydrogen-bond acceptors (Lipinski definition) is 6. The first-order chi connectivity index (χ1) is 11.9. The Kier molecular flexibility index (Phi) is 4.66. The molecule has 3 rings (SSSR count). The molecular formula is C17H23N3O5. The van der Waals surface area contributed by atoms with Crippen molar-refractivity contribution in [2.24, 2.45) is 0 Å². The molecule has 1 spiro atoms. The van der Waals surface area contributed by atoms with Crippen LogP contribution in [0.2, 0.25) is 0 Å². The Hall–Kier alpha value is -2.19. The lowest BCUT2D eigenvalue weighted by atomic mass is 9.70. The monoisotopic (exact) mass is 349 g/mol. The zero-order chi connectivity index (χ0) is 18.2. The number of aryl methyl sites for hydroxylation is 1. The molecule has 0 bridgehead atoms. The molecule has 3 N–H and O–H groups in total. The lowest BCUT2D eigenvalue weighted by Crippen LogP contribution is -2.69. The zero-order valence-electron chi connectivity index (χ0n) is 14.4. The van der Waals surface area contributed by atoms with Gasteiger partial charge in [-0.3, -0.25) is 14.9 Å². The Labute approximate surface area is 145 Å². The summed E-state index contributed by atoms with van der Waals surface area (Å²) in [6.45, 7) is 4.86. The Balaban J connectivity index is 1.80. The summed E-state index contributed by atoms with van der Waals surface area (Å²) in [6, 6.07) is 2.75. The van der Waals surface area contributed by atoms with Gasteiger partial charge in [0.2, 0.25) is 0 Å². The molecule has 136 valence electrons. The Morgan fingerprint density at radius 1 is 1.56 bits per heavy atom. The maximum Gasteiger partial charge on any atom is 0.293 e. The number of carbonyl (C=O) groups excluding carboxylic acids is 1. The van der Waals surface area contributed by atoms with Gasteiger partial charge in [-0.2, -0.15) is 0 Å².